The van der Waals surface area contributed by atoms with Crippen LogP contribution in [0.4, 0.5) is 10.6 Å². The van der Waals surface area contributed by atoms with Crippen molar-refractivity contribution in [1.29, 1.82) is 0 Å². The van der Waals surface area contributed by atoms with E-state index in [1.54, 1.807) is 11.3 Å². The normalized spacial score (nSPS) is 21.3. The van der Waals surface area contributed by atoms with Gasteiger partial charge >= 0.3 is 6.09 Å². The maximum Gasteiger partial charge on any atom is 0.410 e. The minimum Gasteiger partial charge on any atom is -0.444 e. The Morgan fingerprint density at radius 1 is 1.06 bits per heavy atom. The summed E-state index contributed by atoms with van der Waals surface area (Å²) in [5.74, 6) is 0.995. The molecule has 0 radical (unpaired) electrons. The molecule has 282 valence electrons. The van der Waals surface area contributed by atoms with Crippen LogP contribution in [0.2, 0.25) is 0 Å². The minimum absolute atomic E-state index is 0.0862. The van der Waals surface area contributed by atoms with Crippen molar-refractivity contribution < 1.29 is 28.8 Å². The maximum atomic E-state index is 14.1. The van der Waals surface area contributed by atoms with Gasteiger partial charge in [-0.2, -0.15) is 0 Å². The molecule has 12 nitrogen and oxygen atoms in total. The SMILES string of the molecule is Cc1ncsc1-c1ccc([C@H](C)NC(=O)[C@@H]2C[C@@H](O)CN2C(=O)[C@H](c2cc(N3CC(CC4CCN(C(=O)OC(C)(C)C)CC4)C3)no2)C(C)C)cc1. The maximum absolute atomic E-state index is 14.1. The molecule has 2 aromatic heterocycles. The topological polar surface area (TPSA) is 141 Å². The molecule has 3 aliphatic heterocycles. The van der Waals surface area contributed by atoms with Crippen LogP contribution in [0.5, 0.6) is 0 Å². The molecule has 3 fully saturated rings. The number of ether oxygens (including phenoxy) is 1. The number of rotatable bonds is 10. The molecule has 0 spiro atoms. The summed E-state index contributed by atoms with van der Waals surface area (Å²) in [4.78, 5) is 51.2. The van der Waals surface area contributed by atoms with Crippen LogP contribution < -0.4 is 10.2 Å². The highest BCUT2D eigenvalue weighted by molar-refractivity contribution is 7.13. The van der Waals surface area contributed by atoms with Crippen LogP contribution in [0.15, 0.2) is 40.4 Å². The summed E-state index contributed by atoms with van der Waals surface area (Å²) in [6.07, 6.45) is 2.22. The van der Waals surface area contributed by atoms with Gasteiger partial charge in [0.15, 0.2) is 11.6 Å². The molecule has 0 unspecified atom stereocenters. The van der Waals surface area contributed by atoms with E-state index in [9.17, 15) is 19.5 Å². The molecule has 6 rings (SSSR count). The van der Waals surface area contributed by atoms with Gasteiger partial charge in [-0.15, -0.1) is 11.3 Å². The fourth-order valence-electron chi connectivity index (χ4n) is 7.75. The number of anilines is 1. The Kier molecular flexibility index (Phi) is 11.3. The van der Waals surface area contributed by atoms with E-state index >= 15 is 0 Å². The van der Waals surface area contributed by atoms with E-state index in [2.05, 4.69) is 20.4 Å². The number of β-amino-alcohol motifs (C(OH)–C–C–N with tert-alkyl or cyclic N) is 1. The van der Waals surface area contributed by atoms with E-state index in [0.717, 1.165) is 67.1 Å². The molecule has 3 amide bonds. The number of aliphatic hydroxyl groups excluding tert-OH is 1. The van der Waals surface area contributed by atoms with Gasteiger partial charge in [0, 0.05) is 45.2 Å². The predicted octanol–water partition coefficient (Wildman–Crippen LogP) is 6.16. The first-order chi connectivity index (χ1) is 24.7. The Bertz CT molecular complexity index is 1700. The van der Waals surface area contributed by atoms with Crippen molar-refractivity contribution in [3.8, 4) is 10.4 Å². The number of carbonyl (C=O) groups is 3. The van der Waals surface area contributed by atoms with Crippen molar-refractivity contribution in [3.63, 3.8) is 0 Å². The number of amides is 3. The number of aliphatic hydroxyl groups is 1. The summed E-state index contributed by atoms with van der Waals surface area (Å²) in [5, 5.41) is 18.1. The first kappa shape index (κ1) is 37.8. The largest absolute Gasteiger partial charge is 0.444 e. The lowest BCUT2D eigenvalue weighted by atomic mass is 9.83. The number of aromatic nitrogens is 2. The van der Waals surface area contributed by atoms with Gasteiger partial charge in [-0.25, -0.2) is 9.78 Å². The number of nitrogens with zero attached hydrogens (tertiary/aromatic N) is 5. The van der Waals surface area contributed by atoms with Crippen LogP contribution in [-0.2, 0) is 14.3 Å². The van der Waals surface area contributed by atoms with E-state index in [-0.39, 0.29) is 42.8 Å². The van der Waals surface area contributed by atoms with Gasteiger partial charge in [0.2, 0.25) is 11.8 Å². The average molecular weight is 735 g/mol. The Labute approximate surface area is 310 Å². The monoisotopic (exact) mass is 734 g/mol. The molecule has 3 saturated heterocycles. The van der Waals surface area contributed by atoms with Gasteiger partial charge in [0.1, 0.15) is 17.6 Å². The first-order valence-electron chi connectivity index (χ1n) is 18.7. The second kappa shape index (κ2) is 15.6. The highest BCUT2D eigenvalue weighted by Gasteiger charge is 2.44. The number of hydrogen-bond acceptors (Lipinski definition) is 10. The van der Waals surface area contributed by atoms with Crippen LogP contribution in [0.1, 0.15) is 96.2 Å². The Balaban J connectivity index is 1.02. The molecular formula is C39H54N6O6S. The molecule has 3 aromatic rings. The van der Waals surface area contributed by atoms with E-state index in [1.165, 1.54) is 4.90 Å². The fourth-order valence-corrected chi connectivity index (χ4v) is 8.56. The molecule has 13 heteroatoms. The number of thiazole rings is 1. The van der Waals surface area contributed by atoms with Crippen molar-refractivity contribution in [2.75, 3.05) is 37.6 Å². The Morgan fingerprint density at radius 3 is 2.37 bits per heavy atom. The Morgan fingerprint density at radius 2 is 1.75 bits per heavy atom. The molecule has 5 heterocycles. The summed E-state index contributed by atoms with van der Waals surface area (Å²) in [6.45, 7) is 16.8. The molecule has 0 aliphatic carbocycles. The number of carbonyl (C=O) groups excluding carboxylic acids is 3. The molecule has 52 heavy (non-hydrogen) atoms. The second-order valence-corrected chi connectivity index (χ2v) is 17.1. The Hall–Kier alpha value is -3.97. The van der Waals surface area contributed by atoms with Crippen LogP contribution in [-0.4, -0.2) is 93.4 Å². The summed E-state index contributed by atoms with van der Waals surface area (Å²) in [6, 6.07) is 8.85. The number of hydrogen-bond donors (Lipinski definition) is 2. The summed E-state index contributed by atoms with van der Waals surface area (Å²) in [5.41, 5.74) is 4.36. The second-order valence-electron chi connectivity index (χ2n) is 16.2. The van der Waals surface area contributed by atoms with E-state index in [0.29, 0.717) is 23.4 Å². The van der Waals surface area contributed by atoms with E-state index in [1.807, 2.05) is 89.2 Å². The van der Waals surface area contributed by atoms with Crippen molar-refractivity contribution in [2.24, 2.45) is 17.8 Å². The molecule has 2 N–H and O–H groups in total. The lowest BCUT2D eigenvalue weighted by Gasteiger charge is -2.42. The van der Waals surface area contributed by atoms with Gasteiger partial charge in [0.05, 0.1) is 28.2 Å². The van der Waals surface area contributed by atoms with Crippen LogP contribution in [0.25, 0.3) is 10.4 Å². The molecule has 3 aliphatic rings. The van der Waals surface area contributed by atoms with Crippen molar-refractivity contribution in [3.05, 3.63) is 52.9 Å². The van der Waals surface area contributed by atoms with Gasteiger partial charge in [-0.3, -0.25) is 9.59 Å². The summed E-state index contributed by atoms with van der Waals surface area (Å²) < 4.78 is 11.4. The first-order valence-corrected chi connectivity index (χ1v) is 19.5. The summed E-state index contributed by atoms with van der Waals surface area (Å²) >= 11 is 1.60. The number of benzene rings is 1. The number of piperidine rings is 1. The molecule has 0 saturated carbocycles. The van der Waals surface area contributed by atoms with Crippen molar-refractivity contribution in [2.45, 2.75) is 104 Å². The molecular weight excluding hydrogens is 681 g/mol. The average Bonchev–Trinajstić information content (AvgIpc) is 3.82. The molecule has 1 aromatic carbocycles. The molecule has 0 bridgehead atoms. The van der Waals surface area contributed by atoms with Crippen LogP contribution >= 0.6 is 11.3 Å². The van der Waals surface area contributed by atoms with Gasteiger partial charge in [-0.05, 0) is 82.8 Å². The van der Waals surface area contributed by atoms with Gasteiger partial charge < -0.3 is 34.4 Å². The molecule has 4 atom stereocenters. The third-order valence-electron chi connectivity index (χ3n) is 10.6. The number of aryl methyl sites for hydroxylation is 1. The van der Waals surface area contributed by atoms with Crippen molar-refractivity contribution >= 4 is 35.1 Å². The summed E-state index contributed by atoms with van der Waals surface area (Å²) in [7, 11) is 0. The number of likely N-dealkylation sites (tertiary alicyclic amines) is 2. The number of nitrogens with one attached hydrogen (secondary N) is 1. The highest BCUT2D eigenvalue weighted by atomic mass is 32.1. The fraction of sp³-hybridized carbons (Fsp3) is 0.615. The highest BCUT2D eigenvalue weighted by Crippen LogP contribution is 2.36. The zero-order chi connectivity index (χ0) is 37.3. The van der Waals surface area contributed by atoms with E-state index in [4.69, 9.17) is 9.26 Å². The van der Waals surface area contributed by atoms with E-state index < -0.39 is 23.7 Å². The zero-order valence-electron chi connectivity index (χ0n) is 31.5. The van der Waals surface area contributed by atoms with Crippen LogP contribution in [0, 0.1) is 24.7 Å². The standard InChI is InChI=1S/C39H54N6O6S/c1-23(2)34(32-18-33(42-51-32)44-19-27(20-44)16-26-12-14-43(15-13-26)38(49)50-39(5,6)7)37(48)45-21-30(46)17-31(45)36(47)41-24(3)28-8-10-29(11-9-28)35-25(4)40-22-52-35/h8-11,18,22-24,26-27,30-31,34,46H,12-17,19-21H2,1-7H3,(H,41,47)/t24-,30+,31-,34-/m0/s1. The third kappa shape index (κ3) is 8.62. The smallest absolute Gasteiger partial charge is 0.410 e. The lowest BCUT2D eigenvalue weighted by molar-refractivity contribution is -0.141. The lowest BCUT2D eigenvalue weighted by Crippen LogP contribution is -2.49. The minimum atomic E-state index is -0.794. The van der Waals surface area contributed by atoms with Crippen molar-refractivity contribution in [1.82, 2.24) is 25.3 Å². The van der Waals surface area contributed by atoms with Gasteiger partial charge in [-0.1, -0.05) is 43.3 Å². The van der Waals surface area contributed by atoms with Gasteiger partial charge in [0.25, 0.3) is 0 Å². The predicted molar refractivity (Wildman–Crippen MR) is 200 cm³/mol. The zero-order valence-corrected chi connectivity index (χ0v) is 32.3. The van der Waals surface area contributed by atoms with Crippen LogP contribution in [0.3, 0.4) is 0 Å². The quantitative estimate of drug-likeness (QED) is 0.251. The third-order valence-corrected chi connectivity index (χ3v) is 11.6.